The molecule has 0 aromatic heterocycles. The average molecular weight is 914 g/mol. The van der Waals surface area contributed by atoms with Crippen molar-refractivity contribution in [3.05, 3.63) is 239 Å². The van der Waals surface area contributed by atoms with E-state index >= 15 is 0 Å². The molecule has 0 bridgehead atoms. The van der Waals surface area contributed by atoms with E-state index in [1.54, 1.807) is 0 Å². The van der Waals surface area contributed by atoms with Gasteiger partial charge in [0.2, 0.25) is 0 Å². The molecule has 12 rings (SSSR count). The molecule has 0 atom stereocenters. The number of rotatable bonds is 0. The van der Waals surface area contributed by atoms with E-state index in [2.05, 4.69) is 170 Å². The van der Waals surface area contributed by atoms with Crippen LogP contribution in [0.2, 0.25) is 0 Å². The van der Waals surface area contributed by atoms with E-state index < -0.39 is 0 Å². The van der Waals surface area contributed by atoms with E-state index in [4.69, 9.17) is 0 Å². The molecule has 0 nitrogen and oxygen atoms in total. The first-order valence-electron chi connectivity index (χ1n) is 18.1. The molecule has 4 aliphatic carbocycles. The van der Waals surface area contributed by atoms with Gasteiger partial charge in [-0.2, -0.15) is 119 Å². The summed E-state index contributed by atoms with van der Waals surface area (Å²) < 4.78 is 0. The van der Waals surface area contributed by atoms with Crippen LogP contribution in [0.5, 0.6) is 0 Å². The molecular weight excluding hydrogens is 878 g/mol. The van der Waals surface area contributed by atoms with Crippen LogP contribution in [-0.4, -0.2) is 0 Å². The molecule has 4 heteroatoms. The molecule has 0 saturated heterocycles. The quantitative estimate of drug-likeness (QED) is 0.159. The van der Waals surface area contributed by atoms with Crippen LogP contribution in [0.25, 0.3) is 44.5 Å². The van der Waals surface area contributed by atoms with Crippen LogP contribution in [0.1, 0.15) is 44.5 Å². The monoisotopic (exact) mass is 910 g/mol. The molecule has 0 unspecified atom stereocenters. The van der Waals surface area contributed by atoms with Gasteiger partial charge >= 0.3 is 52.4 Å². The normalized spacial score (nSPS) is 11.4. The summed E-state index contributed by atoms with van der Waals surface area (Å²) in [4.78, 5) is 0. The van der Waals surface area contributed by atoms with Gasteiger partial charge in [-0.25, -0.2) is 0 Å². The average Bonchev–Trinajstić information content (AvgIpc) is 3.98. The molecule has 268 valence electrons. The zero-order chi connectivity index (χ0) is 34.7. The van der Waals surface area contributed by atoms with Crippen molar-refractivity contribution >= 4 is 0 Å². The Balaban J connectivity index is 0.000000140. The van der Waals surface area contributed by atoms with Gasteiger partial charge in [0, 0.05) is 0 Å². The van der Waals surface area contributed by atoms with Gasteiger partial charge in [0.25, 0.3) is 0 Å². The Kier molecular flexibility index (Phi) is 15.4. The van der Waals surface area contributed by atoms with Crippen molar-refractivity contribution in [2.75, 3.05) is 0 Å². The van der Waals surface area contributed by atoms with E-state index in [1.807, 2.05) is 24.3 Å². The number of halogens is 2. The minimum atomic E-state index is 0. The SMILES string of the molecule is [Cl-].[Cl-].[Zr+2].[Zr+2].[c-]1cccc2c1Cc1ccccc1-2.[c-]1cccc2c1Cc1ccccc1-2.[c-]1cccc2c1Cc1ccccc1-2.[c-]1cccc2c1Cc1ccccc1-2. The van der Waals surface area contributed by atoms with Gasteiger partial charge in [0.05, 0.1) is 0 Å². The fraction of sp³-hybridized carbons (Fsp3) is 0.0769. The van der Waals surface area contributed by atoms with Gasteiger partial charge in [0.1, 0.15) is 0 Å². The van der Waals surface area contributed by atoms with Crippen LogP contribution in [0, 0.1) is 24.3 Å². The third-order valence-electron chi connectivity index (χ3n) is 10.5. The molecule has 4 aliphatic rings. The van der Waals surface area contributed by atoms with Crippen LogP contribution >= 0.6 is 0 Å². The van der Waals surface area contributed by atoms with Crippen LogP contribution in [-0.2, 0) is 78.1 Å². The molecule has 0 fully saturated rings. The first-order chi connectivity index (χ1) is 25.8. The van der Waals surface area contributed by atoms with E-state index in [-0.39, 0.29) is 77.2 Å². The van der Waals surface area contributed by atoms with Crippen LogP contribution in [0.15, 0.2) is 170 Å². The van der Waals surface area contributed by atoms with Gasteiger partial charge in [-0.3, -0.25) is 0 Å². The summed E-state index contributed by atoms with van der Waals surface area (Å²) in [7, 11) is 0. The van der Waals surface area contributed by atoms with Gasteiger partial charge in [-0.15, -0.1) is 22.3 Å². The van der Waals surface area contributed by atoms with Crippen molar-refractivity contribution < 1.29 is 77.2 Å². The molecule has 0 N–H and O–H groups in total. The van der Waals surface area contributed by atoms with Crippen molar-refractivity contribution in [1.29, 1.82) is 0 Å². The summed E-state index contributed by atoms with van der Waals surface area (Å²) in [5.74, 6) is 0. The van der Waals surface area contributed by atoms with Crippen molar-refractivity contribution in [2.45, 2.75) is 25.7 Å². The second kappa shape index (κ2) is 20.0. The molecule has 0 saturated carbocycles. The molecule has 0 radical (unpaired) electrons. The van der Waals surface area contributed by atoms with Crippen molar-refractivity contribution in [1.82, 2.24) is 0 Å². The number of benzene rings is 8. The standard InChI is InChI=1S/4C13H9.2ClH.2Zr/c4*1-3-7-12-10(5-1)9-11-6-2-4-8-13(11)12;;;;/h4*1-5,7-8H,9H2;2*1H;;/q4*-1;;;2*+2/p-2. The van der Waals surface area contributed by atoms with E-state index in [0.717, 1.165) is 25.7 Å². The smallest absolute Gasteiger partial charge is 1.00 e. The topological polar surface area (TPSA) is 0 Å². The number of hydrogen-bond acceptors (Lipinski definition) is 0. The second-order valence-electron chi connectivity index (χ2n) is 13.6. The molecule has 8 aromatic rings. The summed E-state index contributed by atoms with van der Waals surface area (Å²) in [6.07, 6.45) is 4.19. The van der Waals surface area contributed by atoms with Gasteiger partial charge in [-0.05, 0) is 25.7 Å². The Hall–Kier alpha value is -3.89. The summed E-state index contributed by atoms with van der Waals surface area (Å²) in [5.41, 5.74) is 22.0. The maximum absolute atomic E-state index is 3.30. The summed E-state index contributed by atoms with van der Waals surface area (Å²) in [5, 5.41) is 0. The maximum atomic E-state index is 3.30. The zero-order valence-corrected chi connectivity index (χ0v) is 37.2. The molecule has 56 heavy (non-hydrogen) atoms. The summed E-state index contributed by atoms with van der Waals surface area (Å²) in [6.45, 7) is 0. The maximum Gasteiger partial charge on any atom is 2.00 e. The minimum absolute atomic E-state index is 0. The zero-order valence-electron chi connectivity index (χ0n) is 30.8. The summed E-state index contributed by atoms with van der Waals surface area (Å²) in [6, 6.07) is 72.4. The first kappa shape index (κ1) is 43.2. The van der Waals surface area contributed by atoms with Crippen molar-refractivity contribution in [2.24, 2.45) is 0 Å². The van der Waals surface area contributed by atoms with Crippen LogP contribution in [0.3, 0.4) is 0 Å². The molecule has 0 aliphatic heterocycles. The second-order valence-corrected chi connectivity index (χ2v) is 13.6. The Morgan fingerprint density at radius 3 is 0.679 bits per heavy atom. The Morgan fingerprint density at radius 1 is 0.250 bits per heavy atom. The largest absolute Gasteiger partial charge is 2.00 e. The predicted molar refractivity (Wildman–Crippen MR) is 214 cm³/mol. The third-order valence-corrected chi connectivity index (χ3v) is 10.5. The fourth-order valence-electron chi connectivity index (χ4n) is 7.99. The molecule has 0 spiro atoms. The Morgan fingerprint density at radius 2 is 0.446 bits per heavy atom. The number of hydrogen-bond donors (Lipinski definition) is 0. The van der Waals surface area contributed by atoms with Crippen LogP contribution in [0.4, 0.5) is 0 Å². The van der Waals surface area contributed by atoms with Gasteiger partial charge < -0.3 is 24.8 Å². The first-order valence-corrected chi connectivity index (χ1v) is 18.1. The van der Waals surface area contributed by atoms with Crippen molar-refractivity contribution in [3.8, 4) is 44.5 Å². The number of fused-ring (bicyclic) bond motifs is 12. The molecule has 0 heterocycles. The van der Waals surface area contributed by atoms with Gasteiger partial charge in [-0.1, -0.05) is 142 Å². The Bertz CT molecular complexity index is 2030. The van der Waals surface area contributed by atoms with Gasteiger partial charge in [0.15, 0.2) is 0 Å². The summed E-state index contributed by atoms with van der Waals surface area (Å²) >= 11 is 0. The van der Waals surface area contributed by atoms with E-state index in [1.165, 1.54) is 89.0 Å². The van der Waals surface area contributed by atoms with Crippen molar-refractivity contribution in [3.63, 3.8) is 0 Å². The third kappa shape index (κ3) is 8.96. The molecule has 0 amide bonds. The molecule has 8 aromatic carbocycles. The molecular formula is C52H36Cl2Zr2-2. The predicted octanol–water partition coefficient (Wildman–Crippen LogP) is 6.23. The van der Waals surface area contributed by atoms with Crippen LogP contribution < -0.4 is 24.8 Å². The minimum Gasteiger partial charge on any atom is -1.00 e. The van der Waals surface area contributed by atoms with E-state index in [9.17, 15) is 0 Å². The van der Waals surface area contributed by atoms with E-state index in [0.29, 0.717) is 0 Å². The Labute approximate surface area is 382 Å². The fourth-order valence-corrected chi connectivity index (χ4v) is 7.99.